The van der Waals surface area contributed by atoms with Crippen molar-refractivity contribution in [3.05, 3.63) is 46.0 Å². The molecular formula is C21H22N2O7S. The average Bonchev–Trinajstić information content (AvgIpc) is 3.20. The van der Waals surface area contributed by atoms with Gasteiger partial charge in [0.25, 0.3) is 6.29 Å². The van der Waals surface area contributed by atoms with E-state index in [4.69, 9.17) is 9.47 Å². The van der Waals surface area contributed by atoms with Crippen LogP contribution in [0.5, 0.6) is 0 Å². The molecule has 2 N–H and O–H groups in total. The molecule has 1 aromatic carbocycles. The van der Waals surface area contributed by atoms with E-state index in [0.717, 1.165) is 0 Å². The number of hydrogen-bond donors (Lipinski definition) is 2. The minimum Gasteiger partial charge on any atom is -0.417 e. The zero-order chi connectivity index (χ0) is 22.3. The molecule has 3 heterocycles. The highest BCUT2D eigenvalue weighted by molar-refractivity contribution is 8.03. The monoisotopic (exact) mass is 446 g/mol. The Kier molecular flexibility index (Phi) is 5.76. The van der Waals surface area contributed by atoms with Gasteiger partial charge in [-0.15, -0.1) is 11.8 Å². The van der Waals surface area contributed by atoms with Gasteiger partial charge >= 0.3 is 11.9 Å². The molecule has 3 aliphatic rings. The second-order valence-electron chi connectivity index (χ2n) is 7.58. The molecule has 0 aliphatic carbocycles. The number of cyclic esters (lactones) is 1. The Labute approximate surface area is 182 Å². The van der Waals surface area contributed by atoms with Gasteiger partial charge in [0.05, 0.1) is 23.6 Å². The van der Waals surface area contributed by atoms with Gasteiger partial charge in [0.1, 0.15) is 5.70 Å². The number of carbonyl (C=O) groups excluding carboxylic acids is 4. The number of amides is 2. The number of carbonyl (C=O) groups is 4. The third-order valence-corrected chi connectivity index (χ3v) is 6.61. The van der Waals surface area contributed by atoms with Crippen molar-refractivity contribution in [2.75, 3.05) is 12.3 Å². The fourth-order valence-electron chi connectivity index (χ4n) is 4.10. The molecule has 1 saturated heterocycles. The molecule has 3 aliphatic heterocycles. The Morgan fingerprint density at radius 2 is 2.10 bits per heavy atom. The molecule has 164 valence electrons. The van der Waals surface area contributed by atoms with Crippen molar-refractivity contribution >= 4 is 35.5 Å². The highest BCUT2D eigenvalue weighted by Crippen LogP contribution is 2.47. The number of β-lactam (4-membered cyclic amide) rings is 1. The maximum Gasteiger partial charge on any atom is 0.359 e. The molecule has 31 heavy (non-hydrogen) atoms. The zero-order valence-electron chi connectivity index (χ0n) is 17.0. The van der Waals surface area contributed by atoms with Crippen molar-refractivity contribution < 1.29 is 33.8 Å². The second kappa shape index (κ2) is 8.35. The van der Waals surface area contributed by atoms with Crippen LogP contribution in [0.1, 0.15) is 42.5 Å². The quantitative estimate of drug-likeness (QED) is 0.363. The number of nitrogens with one attached hydrogen (secondary N) is 1. The van der Waals surface area contributed by atoms with Gasteiger partial charge in [-0.2, -0.15) is 0 Å². The number of fused-ring (bicyclic) bond motifs is 2. The predicted molar refractivity (Wildman–Crippen MR) is 109 cm³/mol. The Bertz CT molecular complexity index is 990. The normalized spacial score (nSPS) is 24.9. The van der Waals surface area contributed by atoms with Crippen molar-refractivity contribution in [3.8, 4) is 0 Å². The summed E-state index contributed by atoms with van der Waals surface area (Å²) >= 11 is 1.35. The number of aliphatic hydroxyl groups is 1. The van der Waals surface area contributed by atoms with Crippen molar-refractivity contribution in [2.24, 2.45) is 5.92 Å². The first-order chi connectivity index (χ1) is 14.8. The van der Waals surface area contributed by atoms with Crippen molar-refractivity contribution in [1.82, 2.24) is 10.2 Å². The van der Waals surface area contributed by atoms with Gasteiger partial charge in [-0.05, 0) is 13.0 Å². The van der Waals surface area contributed by atoms with Crippen LogP contribution in [-0.4, -0.2) is 58.2 Å². The van der Waals surface area contributed by atoms with Gasteiger partial charge in [-0.25, -0.2) is 9.59 Å². The fourth-order valence-corrected chi connectivity index (χ4v) is 5.16. The molecule has 9 nitrogen and oxygen atoms in total. The largest absolute Gasteiger partial charge is 0.417 e. The maximum absolute atomic E-state index is 13.1. The highest BCUT2D eigenvalue weighted by atomic mass is 32.2. The Hall–Kier alpha value is -2.85. The van der Waals surface area contributed by atoms with Crippen molar-refractivity contribution in [3.63, 3.8) is 0 Å². The number of nitrogens with zero attached hydrogens (tertiary/aromatic N) is 1. The Balaban J connectivity index is 1.54. The molecule has 0 radical (unpaired) electrons. The summed E-state index contributed by atoms with van der Waals surface area (Å²) in [6, 6.07) is 6.31. The molecule has 4 atom stereocenters. The molecule has 0 aromatic heterocycles. The van der Waals surface area contributed by atoms with Crippen molar-refractivity contribution in [1.29, 1.82) is 0 Å². The van der Waals surface area contributed by atoms with Crippen LogP contribution in [0.25, 0.3) is 0 Å². The summed E-state index contributed by atoms with van der Waals surface area (Å²) in [5.41, 5.74) is 0.894. The summed E-state index contributed by atoms with van der Waals surface area (Å²) < 4.78 is 10.7. The summed E-state index contributed by atoms with van der Waals surface area (Å²) in [5.74, 6) is -1.92. The summed E-state index contributed by atoms with van der Waals surface area (Å²) in [7, 11) is 0. The smallest absolute Gasteiger partial charge is 0.359 e. The molecule has 1 aromatic rings. The Morgan fingerprint density at radius 1 is 1.35 bits per heavy atom. The highest BCUT2D eigenvalue weighted by Gasteiger charge is 2.57. The maximum atomic E-state index is 13.1. The molecular weight excluding hydrogens is 424 g/mol. The van der Waals surface area contributed by atoms with Gasteiger partial charge in [-0.3, -0.25) is 9.59 Å². The summed E-state index contributed by atoms with van der Waals surface area (Å²) in [6.45, 7) is 3.37. The van der Waals surface area contributed by atoms with Gasteiger partial charge in [-0.1, -0.05) is 18.2 Å². The standard InChI is InChI=1S/C21H22N2O7S/c1-10(24)16-14-9-15(31-8-7-22-11(2)25)17(23(14)18(16)26)20(28)30-21-13-6-4-3-5-12(13)19(27)29-21/h3-6,10,14,16,21,24H,7-9H2,1-2H3,(H,22,25)/t10-,14+,16-,21?/m0/s1. The van der Waals surface area contributed by atoms with Gasteiger partial charge in [0, 0.05) is 36.1 Å². The van der Waals surface area contributed by atoms with E-state index in [-0.39, 0.29) is 23.6 Å². The molecule has 2 amide bonds. The number of benzene rings is 1. The predicted octanol–water partition coefficient (Wildman–Crippen LogP) is 1.09. The first-order valence-electron chi connectivity index (χ1n) is 9.92. The minimum atomic E-state index is -1.18. The van der Waals surface area contributed by atoms with E-state index in [1.165, 1.54) is 23.6 Å². The Morgan fingerprint density at radius 3 is 2.81 bits per heavy atom. The number of ether oxygens (including phenoxy) is 2. The lowest BCUT2D eigenvalue weighted by atomic mass is 9.83. The minimum absolute atomic E-state index is 0.111. The average molecular weight is 446 g/mol. The fraction of sp³-hybridized carbons (Fsp3) is 0.429. The van der Waals surface area contributed by atoms with Crippen LogP contribution >= 0.6 is 11.8 Å². The van der Waals surface area contributed by atoms with Gasteiger partial charge < -0.3 is 24.8 Å². The van der Waals surface area contributed by atoms with Crippen LogP contribution in [0.3, 0.4) is 0 Å². The summed E-state index contributed by atoms with van der Waals surface area (Å²) in [6.07, 6.45) is -1.60. The summed E-state index contributed by atoms with van der Waals surface area (Å²) in [4.78, 5) is 50.8. The van der Waals surface area contributed by atoms with E-state index in [1.54, 1.807) is 31.2 Å². The second-order valence-corrected chi connectivity index (χ2v) is 8.77. The number of rotatable bonds is 7. The van der Waals surface area contributed by atoms with E-state index >= 15 is 0 Å². The van der Waals surface area contributed by atoms with Crippen LogP contribution in [-0.2, 0) is 23.9 Å². The van der Waals surface area contributed by atoms with E-state index in [9.17, 15) is 24.3 Å². The van der Waals surface area contributed by atoms with E-state index in [1.807, 2.05) is 0 Å². The number of aliphatic hydroxyl groups excluding tert-OH is 1. The van der Waals surface area contributed by atoms with Crippen LogP contribution in [0.15, 0.2) is 34.9 Å². The third-order valence-electron chi connectivity index (χ3n) is 5.50. The molecule has 0 saturated carbocycles. The van der Waals surface area contributed by atoms with Crippen LogP contribution < -0.4 is 5.32 Å². The first kappa shape index (κ1) is 21.4. The third kappa shape index (κ3) is 3.81. The van der Waals surface area contributed by atoms with Crippen LogP contribution in [0.2, 0.25) is 0 Å². The van der Waals surface area contributed by atoms with E-state index < -0.39 is 30.3 Å². The molecule has 4 rings (SSSR count). The molecule has 10 heteroatoms. The van der Waals surface area contributed by atoms with Gasteiger partial charge in [0.15, 0.2) is 0 Å². The lowest BCUT2D eigenvalue weighted by Gasteiger charge is -2.44. The molecule has 0 spiro atoms. The number of thioether (sulfide) groups is 1. The van der Waals surface area contributed by atoms with Crippen molar-refractivity contribution in [2.45, 2.75) is 38.7 Å². The molecule has 1 fully saturated rings. The van der Waals surface area contributed by atoms with E-state index in [0.29, 0.717) is 34.8 Å². The SMILES string of the molecule is CC(=O)NCCSC1=C(C(=O)OC2OC(=O)c3ccccc32)N2C(=O)[C@@H]([C@H](C)O)[C@H]2C1. The van der Waals surface area contributed by atoms with Crippen LogP contribution in [0, 0.1) is 5.92 Å². The number of esters is 2. The zero-order valence-corrected chi connectivity index (χ0v) is 17.8. The lowest BCUT2D eigenvalue weighted by Crippen LogP contribution is -2.61. The van der Waals surface area contributed by atoms with Crippen LogP contribution in [0.4, 0.5) is 0 Å². The molecule has 0 bridgehead atoms. The van der Waals surface area contributed by atoms with Gasteiger partial charge in [0.2, 0.25) is 11.8 Å². The first-order valence-corrected chi connectivity index (χ1v) is 10.9. The van der Waals surface area contributed by atoms with E-state index in [2.05, 4.69) is 5.32 Å². The molecule has 1 unspecified atom stereocenters. The lowest BCUT2D eigenvalue weighted by molar-refractivity contribution is -0.172. The number of hydrogen-bond acceptors (Lipinski definition) is 8. The topological polar surface area (TPSA) is 122 Å². The summed E-state index contributed by atoms with van der Waals surface area (Å²) in [5, 5.41) is 12.6.